The van der Waals surface area contributed by atoms with Crippen LogP contribution in [-0.4, -0.2) is 36.7 Å². The number of hydrogen-bond acceptors (Lipinski definition) is 3. The molecule has 2 aromatic rings. The Labute approximate surface area is 192 Å². The second kappa shape index (κ2) is 10.7. The van der Waals surface area contributed by atoms with Crippen LogP contribution in [0.5, 0.6) is 0 Å². The molecule has 0 fully saturated rings. The second-order valence-electron chi connectivity index (χ2n) is 8.11. The largest absolute Gasteiger partial charge is 0.370 e. The number of thiophene rings is 1. The number of aryl methyl sites for hydroxylation is 2. The average Bonchev–Trinajstić information content (AvgIpc) is 3.47. The van der Waals surface area contributed by atoms with Gasteiger partial charge in [0, 0.05) is 17.1 Å². The Hall–Kier alpha value is -1.70. The maximum absolute atomic E-state index is 14.3. The molecule has 0 saturated carbocycles. The first-order chi connectivity index (χ1) is 14.9. The molecule has 170 valence electrons. The molecule has 1 atom stereocenters. The molecule has 0 spiro atoms. The lowest BCUT2D eigenvalue weighted by Gasteiger charge is -2.16. The zero-order valence-electron chi connectivity index (χ0n) is 19.2. The summed E-state index contributed by atoms with van der Waals surface area (Å²) >= 11 is 1.49. The quantitative estimate of drug-likeness (QED) is 0.343. The van der Waals surface area contributed by atoms with E-state index in [9.17, 15) is 4.39 Å². The second-order valence-corrected chi connectivity index (χ2v) is 11.2. The number of fused-ring (bicyclic) bond motifs is 2. The number of hydrogen-bond donors (Lipinski definition) is 2. The van der Waals surface area contributed by atoms with Crippen LogP contribution < -0.4 is 11.1 Å². The lowest BCUT2D eigenvalue weighted by Crippen LogP contribution is -2.24. The van der Waals surface area contributed by atoms with Crippen molar-refractivity contribution in [3.63, 3.8) is 0 Å². The van der Waals surface area contributed by atoms with Crippen LogP contribution in [0.2, 0.25) is 0 Å². The molecule has 0 bridgehead atoms. The molecule has 0 radical (unpaired) electrons. The molecule has 1 aromatic carbocycles. The highest BCUT2D eigenvalue weighted by Gasteiger charge is 2.24. The minimum atomic E-state index is -0.548. The minimum absolute atomic E-state index is 0.175. The summed E-state index contributed by atoms with van der Waals surface area (Å²) in [5.74, 6) is 4.78. The number of benzene rings is 1. The van der Waals surface area contributed by atoms with Crippen LogP contribution in [-0.2, 0) is 32.2 Å². The zero-order chi connectivity index (χ0) is 22.5. The topological polar surface area (TPSA) is 53.6 Å². The van der Waals surface area contributed by atoms with Gasteiger partial charge in [-0.1, -0.05) is 25.8 Å². The van der Waals surface area contributed by atoms with Crippen molar-refractivity contribution in [2.75, 3.05) is 25.3 Å². The van der Waals surface area contributed by atoms with Gasteiger partial charge in [0.2, 0.25) is 0 Å². The summed E-state index contributed by atoms with van der Waals surface area (Å²) in [5.41, 5.74) is 13.2. The molecule has 1 heterocycles. The van der Waals surface area contributed by atoms with Gasteiger partial charge >= 0.3 is 0 Å². The molecule has 4 rings (SSSR count). The highest BCUT2D eigenvalue weighted by atomic mass is 32.2. The first kappa shape index (κ1) is 24.0. The number of anilines is 1. The van der Waals surface area contributed by atoms with Crippen molar-refractivity contribution >= 4 is 39.3 Å². The molecule has 0 amide bonds. The zero-order valence-corrected chi connectivity index (χ0v) is 20.8. The Morgan fingerprint density at radius 2 is 1.77 bits per heavy atom. The highest BCUT2D eigenvalue weighted by Crippen LogP contribution is 2.39. The van der Waals surface area contributed by atoms with Gasteiger partial charge in [0.15, 0.2) is 5.96 Å². The Morgan fingerprint density at radius 3 is 2.35 bits per heavy atom. The average molecular weight is 463 g/mol. The van der Waals surface area contributed by atoms with E-state index in [0.29, 0.717) is 16.0 Å². The summed E-state index contributed by atoms with van der Waals surface area (Å²) in [6, 6.07) is 4.02. The van der Waals surface area contributed by atoms with Gasteiger partial charge in [-0.15, -0.1) is 21.8 Å². The minimum Gasteiger partial charge on any atom is -0.370 e. The van der Waals surface area contributed by atoms with E-state index in [-0.39, 0.29) is 5.82 Å². The Kier molecular flexibility index (Phi) is 8.30. The van der Waals surface area contributed by atoms with E-state index >= 15 is 0 Å². The molecular weight excluding hydrogens is 427 g/mol. The summed E-state index contributed by atoms with van der Waals surface area (Å²) in [5, 5.41) is 3.40. The summed E-state index contributed by atoms with van der Waals surface area (Å²) in [4.78, 5) is 7.56. The van der Waals surface area contributed by atoms with Crippen molar-refractivity contribution in [1.82, 2.24) is 4.90 Å². The molecule has 31 heavy (non-hydrogen) atoms. The maximum Gasteiger partial charge on any atom is 0.193 e. The van der Waals surface area contributed by atoms with E-state index in [4.69, 9.17) is 5.73 Å². The van der Waals surface area contributed by atoms with E-state index in [0.717, 1.165) is 37.1 Å². The number of guanidine groups is 1. The third kappa shape index (κ3) is 5.57. The molecule has 7 heteroatoms. The number of halogens is 1. The predicted octanol–water partition coefficient (Wildman–Crippen LogP) is 5.40. The third-order valence-electron chi connectivity index (χ3n) is 5.56. The molecule has 2 aliphatic carbocycles. The van der Waals surface area contributed by atoms with Crippen molar-refractivity contribution < 1.29 is 4.39 Å². The molecule has 1 aromatic heterocycles. The lowest BCUT2D eigenvalue weighted by molar-refractivity contribution is 0.406. The molecule has 4 nitrogen and oxygen atoms in total. The van der Waals surface area contributed by atoms with Crippen LogP contribution in [0, 0.1) is 5.82 Å². The Bertz CT molecular complexity index is 946. The highest BCUT2D eigenvalue weighted by molar-refractivity contribution is 8.15. The molecule has 2 aliphatic rings. The standard InChI is InChI=1S/C22H29FN4S2.C2H6/c1-27(2)12-16-11-19(23)21(28-16)29(3)13-25-22(24)26-20-17-8-4-6-14(17)10-15-7-5-9-18(15)20;1-2/h10-11H,3-9,12-13H2,1-2H3,(H3,24,25,26);1-2H3. The van der Waals surface area contributed by atoms with Gasteiger partial charge < -0.3 is 16.0 Å². The lowest BCUT2D eigenvalue weighted by atomic mass is 9.99. The third-order valence-corrected chi connectivity index (χ3v) is 8.56. The fourth-order valence-electron chi connectivity index (χ4n) is 4.32. The monoisotopic (exact) mass is 462 g/mol. The number of rotatable bonds is 6. The van der Waals surface area contributed by atoms with Crippen LogP contribution in [0.15, 0.2) is 21.3 Å². The van der Waals surface area contributed by atoms with Gasteiger partial charge in [0.1, 0.15) is 5.82 Å². The predicted molar refractivity (Wildman–Crippen MR) is 137 cm³/mol. The number of aliphatic imine (C=N–C) groups is 1. The smallest absolute Gasteiger partial charge is 0.193 e. The molecular formula is C24H35FN4S2. The summed E-state index contributed by atoms with van der Waals surface area (Å²) in [7, 11) is 3.41. The maximum atomic E-state index is 14.3. The van der Waals surface area contributed by atoms with Gasteiger partial charge in [-0.05, 0) is 80.9 Å². The van der Waals surface area contributed by atoms with Crippen molar-refractivity contribution in [3.8, 4) is 0 Å². The van der Waals surface area contributed by atoms with E-state index < -0.39 is 10.5 Å². The number of nitrogens with two attached hydrogens (primary N) is 1. The fourth-order valence-corrected chi connectivity index (χ4v) is 6.90. The van der Waals surface area contributed by atoms with Crippen LogP contribution in [0.3, 0.4) is 0 Å². The van der Waals surface area contributed by atoms with Crippen molar-refractivity contribution in [2.24, 2.45) is 10.7 Å². The Balaban J connectivity index is 0.00000132. The first-order valence-electron chi connectivity index (χ1n) is 11.1. The van der Waals surface area contributed by atoms with Crippen LogP contribution in [0.1, 0.15) is 53.8 Å². The van der Waals surface area contributed by atoms with Crippen LogP contribution in [0.25, 0.3) is 0 Å². The van der Waals surface area contributed by atoms with Gasteiger partial charge in [0.05, 0.1) is 10.1 Å². The normalized spacial score (nSPS) is 16.0. The van der Waals surface area contributed by atoms with Crippen molar-refractivity contribution in [3.05, 3.63) is 45.1 Å². The number of nitrogens with one attached hydrogen (secondary N) is 1. The van der Waals surface area contributed by atoms with Crippen molar-refractivity contribution in [2.45, 2.75) is 63.1 Å². The van der Waals surface area contributed by atoms with Gasteiger partial charge in [-0.25, -0.2) is 9.38 Å². The van der Waals surface area contributed by atoms with Crippen molar-refractivity contribution in [1.29, 1.82) is 0 Å². The van der Waals surface area contributed by atoms with Gasteiger partial charge in [-0.2, -0.15) is 0 Å². The van der Waals surface area contributed by atoms with E-state index in [1.165, 1.54) is 52.1 Å². The van der Waals surface area contributed by atoms with Crippen LogP contribution in [0.4, 0.5) is 10.1 Å². The van der Waals surface area contributed by atoms with Crippen LogP contribution >= 0.6 is 21.8 Å². The molecule has 0 aliphatic heterocycles. The fraction of sp³-hybridized carbons (Fsp3) is 0.500. The van der Waals surface area contributed by atoms with Gasteiger partial charge in [0.25, 0.3) is 0 Å². The molecule has 0 saturated heterocycles. The van der Waals surface area contributed by atoms with Gasteiger partial charge in [-0.3, -0.25) is 0 Å². The number of nitrogens with zero attached hydrogens (tertiary/aromatic N) is 2. The molecule has 1 unspecified atom stereocenters. The first-order valence-corrected chi connectivity index (χ1v) is 13.5. The van der Waals surface area contributed by atoms with E-state index in [1.807, 2.05) is 32.8 Å². The molecule has 3 N–H and O–H groups in total. The Morgan fingerprint density at radius 1 is 1.16 bits per heavy atom. The summed E-state index contributed by atoms with van der Waals surface area (Å²) in [6.07, 6.45) is 6.94. The van der Waals surface area contributed by atoms with E-state index in [1.54, 1.807) is 6.07 Å². The van der Waals surface area contributed by atoms with E-state index in [2.05, 4.69) is 22.2 Å². The summed E-state index contributed by atoms with van der Waals surface area (Å²) in [6.45, 7) is 4.73. The summed E-state index contributed by atoms with van der Waals surface area (Å²) < 4.78 is 15.0. The SMILES string of the molecule is C=S(C/N=C(\N)Nc1c2c(cc3c1CCC3)CCC2)c1sc(CN(C)C)cc1F.CC.